The average molecular weight is 401 g/mol. The van der Waals surface area contributed by atoms with Crippen molar-refractivity contribution in [1.29, 1.82) is 0 Å². The van der Waals surface area contributed by atoms with Gasteiger partial charge in [-0.3, -0.25) is 0 Å². The molecule has 1 fully saturated rings. The number of rotatable bonds is 7. The smallest absolute Gasteiger partial charge is 0.138 e. The number of benzene rings is 3. The number of halogens is 1. The Morgan fingerprint density at radius 2 is 1.73 bits per heavy atom. The van der Waals surface area contributed by atoms with Crippen LogP contribution in [-0.4, -0.2) is 0 Å². The second-order valence-corrected chi connectivity index (χ2v) is 8.94. The number of aryl methyl sites for hydroxylation is 1. The van der Waals surface area contributed by atoms with Crippen LogP contribution in [0, 0.1) is 11.7 Å². The molecule has 1 saturated carbocycles. The Balaban J connectivity index is 1.52. The first-order chi connectivity index (χ1) is 14.7. The molecular weight excluding hydrogens is 367 g/mol. The lowest BCUT2D eigenvalue weighted by atomic mass is 9.77. The molecule has 156 valence electrons. The predicted octanol–water partition coefficient (Wildman–Crippen LogP) is 8.84. The topological polar surface area (TPSA) is 0 Å². The first-order valence-corrected chi connectivity index (χ1v) is 11.6. The van der Waals surface area contributed by atoms with Crippen molar-refractivity contribution in [2.24, 2.45) is 5.92 Å². The predicted molar refractivity (Wildman–Crippen MR) is 127 cm³/mol. The Hall–Kier alpha value is -2.41. The highest BCUT2D eigenvalue weighted by molar-refractivity contribution is 5.88. The van der Waals surface area contributed by atoms with E-state index in [-0.39, 0.29) is 5.82 Å². The normalized spacial score (nSPS) is 19.1. The Bertz CT molecular complexity index is 991. The van der Waals surface area contributed by atoms with Gasteiger partial charge in [0.05, 0.1) is 0 Å². The van der Waals surface area contributed by atoms with Crippen molar-refractivity contribution in [3.05, 3.63) is 84.2 Å². The van der Waals surface area contributed by atoms with Crippen LogP contribution < -0.4 is 0 Å². The fourth-order valence-corrected chi connectivity index (χ4v) is 5.12. The molecule has 0 nitrogen and oxygen atoms in total. The first-order valence-electron chi connectivity index (χ1n) is 11.6. The van der Waals surface area contributed by atoms with E-state index in [1.807, 2.05) is 30.3 Å². The first kappa shape index (κ1) is 20.8. The molecule has 0 bridgehead atoms. The highest BCUT2D eigenvalue weighted by Gasteiger charge is 2.22. The highest BCUT2D eigenvalue weighted by Crippen LogP contribution is 2.38. The molecule has 0 heterocycles. The highest BCUT2D eigenvalue weighted by atomic mass is 19.1. The summed E-state index contributed by atoms with van der Waals surface area (Å²) in [6, 6.07) is 18.7. The minimum absolute atomic E-state index is 0.115. The number of hydrogen-bond acceptors (Lipinski definition) is 0. The Morgan fingerprint density at radius 3 is 2.43 bits per heavy atom. The summed E-state index contributed by atoms with van der Waals surface area (Å²) in [5.74, 6) is 1.48. The Kier molecular flexibility index (Phi) is 6.67. The molecule has 4 rings (SSSR count). The van der Waals surface area contributed by atoms with Gasteiger partial charge in [0.15, 0.2) is 0 Å². The minimum Gasteiger partial charge on any atom is -0.206 e. The molecule has 1 aliphatic carbocycles. The maximum Gasteiger partial charge on any atom is 0.138 e. The van der Waals surface area contributed by atoms with Gasteiger partial charge in [-0.2, -0.15) is 0 Å². The van der Waals surface area contributed by atoms with Crippen LogP contribution in [0.25, 0.3) is 21.9 Å². The van der Waals surface area contributed by atoms with E-state index >= 15 is 4.39 Å². The van der Waals surface area contributed by atoms with Gasteiger partial charge in [-0.05, 0) is 72.4 Å². The fraction of sp³-hybridized carbons (Fsp3) is 0.379. The quantitative estimate of drug-likeness (QED) is 0.347. The van der Waals surface area contributed by atoms with Gasteiger partial charge in [-0.1, -0.05) is 80.4 Å². The van der Waals surface area contributed by atoms with Gasteiger partial charge in [0.2, 0.25) is 0 Å². The summed E-state index contributed by atoms with van der Waals surface area (Å²) in [7, 11) is 0. The molecule has 0 N–H and O–H groups in total. The molecule has 0 saturated heterocycles. The van der Waals surface area contributed by atoms with E-state index in [1.165, 1.54) is 49.7 Å². The lowest BCUT2D eigenvalue weighted by Crippen LogP contribution is -2.13. The largest absolute Gasteiger partial charge is 0.206 e. The van der Waals surface area contributed by atoms with E-state index in [4.69, 9.17) is 0 Å². The van der Waals surface area contributed by atoms with E-state index in [0.717, 1.165) is 29.7 Å². The maximum absolute atomic E-state index is 15.3. The molecule has 0 radical (unpaired) electrons. The molecule has 0 aromatic heterocycles. The standard InChI is InChI=1S/C29H33F/c1-3-5-7-22-10-18-28-26(20-22)17-19-27(29(28)30)25-15-13-24(14-16-25)23-11-8-21(6-4-2)9-12-23/h3,10,13-21,23H,1,4-9,11-12H2,2H3. The third-order valence-electron chi connectivity index (χ3n) is 6.89. The lowest BCUT2D eigenvalue weighted by molar-refractivity contribution is 0.308. The van der Waals surface area contributed by atoms with Crippen molar-refractivity contribution in [1.82, 2.24) is 0 Å². The van der Waals surface area contributed by atoms with Crippen LogP contribution in [0.2, 0.25) is 0 Å². The molecule has 0 spiro atoms. The molecular formula is C29H33F. The van der Waals surface area contributed by atoms with Crippen LogP contribution in [0.5, 0.6) is 0 Å². The fourth-order valence-electron chi connectivity index (χ4n) is 5.12. The molecule has 1 heteroatoms. The molecule has 1 aliphatic rings. The summed E-state index contributed by atoms with van der Waals surface area (Å²) >= 11 is 0. The number of fused-ring (bicyclic) bond motifs is 1. The van der Waals surface area contributed by atoms with Gasteiger partial charge in [-0.15, -0.1) is 6.58 Å². The van der Waals surface area contributed by atoms with Gasteiger partial charge in [0.25, 0.3) is 0 Å². The van der Waals surface area contributed by atoms with Crippen LogP contribution in [-0.2, 0) is 6.42 Å². The van der Waals surface area contributed by atoms with Crippen molar-refractivity contribution in [2.45, 2.75) is 64.2 Å². The van der Waals surface area contributed by atoms with Crippen LogP contribution in [0.4, 0.5) is 4.39 Å². The molecule has 0 unspecified atom stereocenters. The second-order valence-electron chi connectivity index (χ2n) is 8.94. The van der Waals surface area contributed by atoms with Gasteiger partial charge >= 0.3 is 0 Å². The zero-order valence-electron chi connectivity index (χ0n) is 18.2. The van der Waals surface area contributed by atoms with Crippen LogP contribution in [0.3, 0.4) is 0 Å². The van der Waals surface area contributed by atoms with Gasteiger partial charge < -0.3 is 0 Å². The molecule has 0 atom stereocenters. The monoisotopic (exact) mass is 400 g/mol. The summed E-state index contributed by atoms with van der Waals surface area (Å²) in [6.45, 7) is 6.07. The molecule has 3 aromatic carbocycles. The lowest BCUT2D eigenvalue weighted by Gasteiger charge is -2.28. The summed E-state index contributed by atoms with van der Waals surface area (Å²) < 4.78 is 15.3. The van der Waals surface area contributed by atoms with Crippen LogP contribution in [0.1, 0.15) is 68.9 Å². The molecule has 30 heavy (non-hydrogen) atoms. The van der Waals surface area contributed by atoms with Crippen LogP contribution >= 0.6 is 0 Å². The van der Waals surface area contributed by atoms with E-state index in [1.54, 1.807) is 0 Å². The maximum atomic E-state index is 15.3. The third kappa shape index (κ3) is 4.51. The van der Waals surface area contributed by atoms with E-state index in [0.29, 0.717) is 16.9 Å². The number of hydrogen-bond donors (Lipinski definition) is 0. The SMILES string of the molecule is C=CCCc1ccc2c(F)c(-c3ccc(C4CCC(CCC)CC4)cc3)ccc2c1. The summed E-state index contributed by atoms with van der Waals surface area (Å²) in [5, 5.41) is 1.67. The Morgan fingerprint density at radius 1 is 0.967 bits per heavy atom. The zero-order valence-corrected chi connectivity index (χ0v) is 18.2. The number of allylic oxidation sites excluding steroid dienone is 1. The Labute approximate surface area is 180 Å². The van der Waals surface area contributed by atoms with E-state index < -0.39 is 0 Å². The van der Waals surface area contributed by atoms with Crippen molar-refractivity contribution in [3.63, 3.8) is 0 Å². The third-order valence-corrected chi connectivity index (χ3v) is 6.89. The molecule has 3 aromatic rings. The van der Waals surface area contributed by atoms with Gasteiger partial charge in [0.1, 0.15) is 5.82 Å². The van der Waals surface area contributed by atoms with Gasteiger partial charge in [0, 0.05) is 10.9 Å². The zero-order chi connectivity index (χ0) is 20.9. The van der Waals surface area contributed by atoms with Crippen LogP contribution in [0.15, 0.2) is 67.3 Å². The summed E-state index contributed by atoms with van der Waals surface area (Å²) in [4.78, 5) is 0. The van der Waals surface area contributed by atoms with Gasteiger partial charge in [-0.25, -0.2) is 4.39 Å². The second kappa shape index (κ2) is 9.60. The van der Waals surface area contributed by atoms with Crippen molar-refractivity contribution in [3.8, 4) is 11.1 Å². The van der Waals surface area contributed by atoms with E-state index in [9.17, 15) is 0 Å². The molecule has 0 aliphatic heterocycles. The van der Waals surface area contributed by atoms with Crippen molar-refractivity contribution >= 4 is 10.8 Å². The summed E-state index contributed by atoms with van der Waals surface area (Å²) in [5.41, 5.74) is 4.31. The van der Waals surface area contributed by atoms with Crippen molar-refractivity contribution < 1.29 is 4.39 Å². The summed E-state index contributed by atoms with van der Waals surface area (Å²) in [6.07, 6.45) is 11.8. The average Bonchev–Trinajstić information content (AvgIpc) is 2.79. The molecule has 0 amide bonds. The van der Waals surface area contributed by atoms with E-state index in [2.05, 4.69) is 43.8 Å². The minimum atomic E-state index is -0.115. The van der Waals surface area contributed by atoms with Crippen molar-refractivity contribution in [2.75, 3.05) is 0 Å².